The van der Waals surface area contributed by atoms with Gasteiger partial charge in [0, 0.05) is 0 Å². The van der Waals surface area contributed by atoms with Crippen LogP contribution < -0.4 is 12.4 Å². The van der Waals surface area contributed by atoms with Gasteiger partial charge in [0.2, 0.25) is 0 Å². The maximum Gasteiger partial charge on any atom is 0.361 e. The van der Waals surface area contributed by atoms with Crippen molar-refractivity contribution in [3.63, 3.8) is 0 Å². The Balaban J connectivity index is 0. The number of hydrogen-bond donors (Lipinski definition) is 0. The second-order valence-electron chi connectivity index (χ2n) is 7.32. The Morgan fingerprint density at radius 3 is 1.83 bits per heavy atom. The molecule has 0 amide bonds. The van der Waals surface area contributed by atoms with Gasteiger partial charge in [0.1, 0.15) is 0 Å². The Hall–Kier alpha value is -0.540. The maximum atomic E-state index is 11.7. The number of rotatable bonds is 16. The van der Waals surface area contributed by atoms with Crippen LogP contribution >= 0.6 is 0 Å². The van der Waals surface area contributed by atoms with Crippen LogP contribution in [0.1, 0.15) is 77.6 Å². The molecule has 3 nitrogen and oxygen atoms in total. The van der Waals surface area contributed by atoms with Crippen LogP contribution in [0.2, 0.25) is 0 Å². The van der Waals surface area contributed by atoms with Gasteiger partial charge in [-0.3, -0.25) is 0 Å². The lowest BCUT2D eigenvalue weighted by Crippen LogP contribution is -3.00. The van der Waals surface area contributed by atoms with E-state index in [0.717, 1.165) is 13.0 Å². The molecule has 144 valence electrons. The minimum absolute atomic E-state index is 0. The van der Waals surface area contributed by atoms with Crippen molar-refractivity contribution >= 4 is 5.97 Å². The molecule has 0 aromatic rings. The molecule has 0 fully saturated rings. The number of hydrogen-bond acceptors (Lipinski definition) is 2. The first-order valence-electron chi connectivity index (χ1n) is 9.60. The number of carbonyl (C=O) groups excluding carboxylic acids is 1. The third-order valence-electron chi connectivity index (χ3n) is 4.19. The van der Waals surface area contributed by atoms with E-state index >= 15 is 0 Å². The summed E-state index contributed by atoms with van der Waals surface area (Å²) in [5, 5.41) is 0. The molecular weight excluding hydrogens is 322 g/mol. The van der Waals surface area contributed by atoms with E-state index in [1.807, 2.05) is 20.2 Å². The number of likely N-dealkylation sites (N-methyl/N-ethyl adjacent to an activating group) is 1. The van der Waals surface area contributed by atoms with Crippen molar-refractivity contribution in [1.29, 1.82) is 0 Å². The summed E-state index contributed by atoms with van der Waals surface area (Å²) in [6.45, 7) is 7.76. The zero-order chi connectivity index (χ0) is 17.4. The number of carbonyl (C=O) groups is 1. The highest BCUT2D eigenvalue weighted by molar-refractivity contribution is 5.70. The number of unbranched alkanes of at least 4 members (excludes halogenated alkanes) is 10. The molecule has 4 heteroatoms. The number of nitrogens with zero attached hydrogens (tertiary/aromatic N) is 1. The summed E-state index contributed by atoms with van der Waals surface area (Å²) in [4.78, 5) is 11.7. The van der Waals surface area contributed by atoms with Gasteiger partial charge < -0.3 is 21.6 Å². The molecule has 24 heavy (non-hydrogen) atoms. The molecular formula is C20H40ClNO2. The van der Waals surface area contributed by atoms with Crippen LogP contribution in [0.5, 0.6) is 0 Å². The van der Waals surface area contributed by atoms with Crippen LogP contribution in [0.3, 0.4) is 0 Å². The summed E-state index contributed by atoms with van der Waals surface area (Å²) in [6.07, 6.45) is 16.3. The SMILES string of the molecule is C=CC[N+](C)(C)CC(=O)OCCCCCCCCCCCCC.[Cl-]. The molecule has 0 aromatic heterocycles. The van der Waals surface area contributed by atoms with Gasteiger partial charge in [-0.15, -0.1) is 0 Å². The highest BCUT2D eigenvalue weighted by Crippen LogP contribution is 2.11. The molecule has 0 bridgehead atoms. The fourth-order valence-electron chi connectivity index (χ4n) is 2.76. The van der Waals surface area contributed by atoms with Crippen LogP contribution in [-0.2, 0) is 9.53 Å². The molecule has 0 radical (unpaired) electrons. The van der Waals surface area contributed by atoms with Crippen LogP contribution in [0.15, 0.2) is 12.7 Å². The van der Waals surface area contributed by atoms with Gasteiger partial charge in [-0.25, -0.2) is 4.79 Å². The van der Waals surface area contributed by atoms with Crippen LogP contribution in [0.4, 0.5) is 0 Å². The van der Waals surface area contributed by atoms with Crippen LogP contribution in [-0.4, -0.2) is 44.2 Å². The first-order valence-corrected chi connectivity index (χ1v) is 9.60. The van der Waals surface area contributed by atoms with E-state index in [0.29, 0.717) is 17.6 Å². The topological polar surface area (TPSA) is 26.3 Å². The normalized spacial score (nSPS) is 11.0. The molecule has 0 spiro atoms. The summed E-state index contributed by atoms with van der Waals surface area (Å²) in [5.74, 6) is -0.0936. The van der Waals surface area contributed by atoms with Crippen LogP contribution in [0.25, 0.3) is 0 Å². The summed E-state index contributed by atoms with van der Waals surface area (Å²) in [7, 11) is 4.04. The van der Waals surface area contributed by atoms with Crippen LogP contribution in [0, 0.1) is 0 Å². The van der Waals surface area contributed by atoms with E-state index in [9.17, 15) is 4.79 Å². The maximum absolute atomic E-state index is 11.7. The zero-order valence-electron chi connectivity index (χ0n) is 16.3. The third kappa shape index (κ3) is 17.8. The Morgan fingerprint density at radius 1 is 0.917 bits per heavy atom. The van der Waals surface area contributed by atoms with Gasteiger partial charge in [0.25, 0.3) is 0 Å². The summed E-state index contributed by atoms with van der Waals surface area (Å²) >= 11 is 0. The van der Waals surface area contributed by atoms with Gasteiger partial charge in [-0.1, -0.05) is 77.7 Å². The number of ether oxygens (including phenoxy) is 1. The Morgan fingerprint density at radius 2 is 1.38 bits per heavy atom. The average molecular weight is 362 g/mol. The first kappa shape index (κ1) is 25.7. The predicted octanol–water partition coefficient (Wildman–Crippen LogP) is 2.11. The molecule has 0 heterocycles. The minimum atomic E-state index is -0.0936. The van der Waals surface area contributed by atoms with E-state index in [4.69, 9.17) is 4.74 Å². The number of esters is 1. The molecule has 0 saturated heterocycles. The summed E-state index contributed by atoms with van der Waals surface area (Å²) in [6, 6.07) is 0. The largest absolute Gasteiger partial charge is 1.00 e. The highest BCUT2D eigenvalue weighted by atomic mass is 35.5. The lowest BCUT2D eigenvalue weighted by Gasteiger charge is -2.26. The van der Waals surface area contributed by atoms with E-state index in [1.54, 1.807) is 0 Å². The molecule has 0 saturated carbocycles. The Kier molecular flexibility index (Phi) is 18.5. The minimum Gasteiger partial charge on any atom is -1.00 e. The molecule has 0 aliphatic heterocycles. The molecule has 0 aliphatic carbocycles. The van der Waals surface area contributed by atoms with Crippen molar-refractivity contribution in [2.24, 2.45) is 0 Å². The second kappa shape index (κ2) is 17.3. The van der Waals surface area contributed by atoms with Crippen molar-refractivity contribution in [2.45, 2.75) is 77.6 Å². The lowest BCUT2D eigenvalue weighted by molar-refractivity contribution is -0.877. The smallest absolute Gasteiger partial charge is 0.361 e. The zero-order valence-corrected chi connectivity index (χ0v) is 17.1. The number of halogens is 1. The van der Waals surface area contributed by atoms with Crippen molar-refractivity contribution < 1.29 is 26.4 Å². The molecule has 0 rings (SSSR count). The first-order chi connectivity index (χ1) is 11.0. The molecule has 0 N–H and O–H groups in total. The molecule has 0 aliphatic rings. The summed E-state index contributed by atoms with van der Waals surface area (Å²) < 4.78 is 5.93. The average Bonchev–Trinajstić information content (AvgIpc) is 2.47. The Labute approximate surface area is 156 Å². The van der Waals surface area contributed by atoms with E-state index in [1.165, 1.54) is 64.2 Å². The fraction of sp³-hybridized carbons (Fsp3) is 0.850. The van der Waals surface area contributed by atoms with Gasteiger partial charge in [0.05, 0.1) is 27.2 Å². The van der Waals surface area contributed by atoms with Crippen molar-refractivity contribution in [1.82, 2.24) is 0 Å². The van der Waals surface area contributed by atoms with Crippen molar-refractivity contribution in [2.75, 3.05) is 33.8 Å². The monoisotopic (exact) mass is 361 g/mol. The predicted molar refractivity (Wildman–Crippen MR) is 99.5 cm³/mol. The van der Waals surface area contributed by atoms with Crippen molar-refractivity contribution in [3.05, 3.63) is 12.7 Å². The third-order valence-corrected chi connectivity index (χ3v) is 4.19. The number of quaternary nitrogens is 1. The summed E-state index contributed by atoms with van der Waals surface area (Å²) in [5.41, 5.74) is 0. The van der Waals surface area contributed by atoms with Gasteiger partial charge in [-0.2, -0.15) is 0 Å². The second-order valence-corrected chi connectivity index (χ2v) is 7.32. The lowest BCUT2D eigenvalue weighted by atomic mass is 10.1. The van der Waals surface area contributed by atoms with Gasteiger partial charge in [0.15, 0.2) is 6.54 Å². The fourth-order valence-corrected chi connectivity index (χ4v) is 2.76. The molecule has 0 aromatic carbocycles. The van der Waals surface area contributed by atoms with Crippen molar-refractivity contribution in [3.8, 4) is 0 Å². The van der Waals surface area contributed by atoms with Gasteiger partial charge >= 0.3 is 5.97 Å². The van der Waals surface area contributed by atoms with E-state index in [-0.39, 0.29) is 18.4 Å². The standard InChI is InChI=1S/C20H40NO2.ClH/c1-5-7-8-9-10-11-12-13-14-15-16-18-23-20(22)19-21(3,4)17-6-2;/h6H,2,5,7-19H2,1,3-4H3;1H/q+1;/p-1. The van der Waals surface area contributed by atoms with E-state index in [2.05, 4.69) is 13.5 Å². The Bertz CT molecular complexity index is 306. The van der Waals surface area contributed by atoms with Gasteiger partial charge in [-0.05, 0) is 12.5 Å². The molecule has 0 atom stereocenters. The van der Waals surface area contributed by atoms with E-state index < -0.39 is 0 Å². The highest BCUT2D eigenvalue weighted by Gasteiger charge is 2.19. The molecule has 0 unspecified atom stereocenters. The quantitative estimate of drug-likeness (QED) is 0.182.